The molecule has 0 N–H and O–H groups in total. The lowest BCUT2D eigenvalue weighted by atomic mass is 9.86. The lowest BCUT2D eigenvalue weighted by molar-refractivity contribution is -0.140. The monoisotopic (exact) mass is 459 g/mol. The first kappa shape index (κ1) is 22.3. The first-order valence-corrected chi connectivity index (χ1v) is 11.2. The van der Waals surface area contributed by atoms with Crippen molar-refractivity contribution in [2.75, 3.05) is 20.8 Å². The summed E-state index contributed by atoms with van der Waals surface area (Å²) in [5.41, 5.74) is 1.74. The summed E-state index contributed by atoms with van der Waals surface area (Å²) in [7, 11) is 3.04. The second kappa shape index (κ2) is 9.72. The molecule has 0 radical (unpaired) electrons. The van der Waals surface area contributed by atoms with Gasteiger partial charge in [0.15, 0.2) is 5.78 Å². The van der Waals surface area contributed by atoms with Gasteiger partial charge >= 0.3 is 0 Å². The van der Waals surface area contributed by atoms with Crippen molar-refractivity contribution in [2.24, 2.45) is 5.92 Å². The molecule has 1 aliphatic heterocycles. The van der Waals surface area contributed by atoms with Crippen LogP contribution >= 0.6 is 11.3 Å². The molecule has 2 unspecified atom stereocenters. The zero-order valence-corrected chi connectivity index (χ0v) is 18.9. The van der Waals surface area contributed by atoms with Gasteiger partial charge in [-0.05, 0) is 41.8 Å². The number of hydrogen-bond acceptors (Lipinski definition) is 6. The number of ketones is 2. The number of rotatable bonds is 6. The number of nitrogens with zero attached hydrogens (tertiary/aromatic N) is 1. The first-order valence-electron chi connectivity index (χ1n) is 10.2. The van der Waals surface area contributed by atoms with Gasteiger partial charge < -0.3 is 14.4 Å². The highest BCUT2D eigenvalue weighted by Crippen LogP contribution is 2.41. The maximum absolute atomic E-state index is 13.5. The Hall–Kier alpha value is -3.89. The average Bonchev–Trinajstić information content (AvgIpc) is 3.46. The maximum Gasteiger partial charge on any atom is 0.292 e. The number of hydrogen-bond donors (Lipinski definition) is 0. The Bertz CT molecular complexity index is 1240. The Labute approximate surface area is 195 Å². The predicted molar refractivity (Wildman–Crippen MR) is 124 cm³/mol. The third kappa shape index (κ3) is 4.38. The smallest absolute Gasteiger partial charge is 0.292 e. The van der Waals surface area contributed by atoms with E-state index >= 15 is 0 Å². The fourth-order valence-electron chi connectivity index (χ4n) is 3.91. The van der Waals surface area contributed by atoms with E-state index in [0.717, 1.165) is 5.56 Å². The molecule has 2 aromatic carbocycles. The summed E-state index contributed by atoms with van der Waals surface area (Å²) < 4.78 is 10.6. The van der Waals surface area contributed by atoms with Crippen LogP contribution in [-0.4, -0.2) is 43.1 Å². The molecule has 1 aromatic heterocycles. The fraction of sp³-hybridized carbons (Fsp3) is 0.192. The number of benzene rings is 2. The van der Waals surface area contributed by atoms with Gasteiger partial charge in [0.2, 0.25) is 5.78 Å². The first-order chi connectivity index (χ1) is 16.0. The minimum Gasteiger partial charge on any atom is -0.497 e. The van der Waals surface area contributed by atoms with Gasteiger partial charge in [-0.3, -0.25) is 14.4 Å². The Balaban J connectivity index is 1.75. The van der Waals surface area contributed by atoms with Gasteiger partial charge in [0.1, 0.15) is 17.4 Å². The van der Waals surface area contributed by atoms with E-state index in [1.807, 2.05) is 16.8 Å². The summed E-state index contributed by atoms with van der Waals surface area (Å²) in [5, 5.41) is 3.81. The van der Waals surface area contributed by atoms with Crippen LogP contribution in [0.3, 0.4) is 0 Å². The van der Waals surface area contributed by atoms with Crippen LogP contribution in [0.25, 0.3) is 0 Å². The summed E-state index contributed by atoms with van der Waals surface area (Å²) in [6.45, 7) is 0.00945. The van der Waals surface area contributed by atoms with E-state index in [0.29, 0.717) is 22.6 Å². The Morgan fingerprint density at radius 2 is 1.79 bits per heavy atom. The minimum atomic E-state index is -1.20. The van der Waals surface area contributed by atoms with Crippen molar-refractivity contribution >= 4 is 28.8 Å². The predicted octanol–water partition coefficient (Wildman–Crippen LogP) is 3.77. The largest absolute Gasteiger partial charge is 0.497 e. The van der Waals surface area contributed by atoms with E-state index in [1.165, 1.54) is 30.5 Å². The van der Waals surface area contributed by atoms with Gasteiger partial charge in [-0.25, -0.2) is 0 Å². The molecule has 1 saturated heterocycles. The minimum absolute atomic E-state index is 0.00945. The van der Waals surface area contributed by atoms with Crippen molar-refractivity contribution in [3.05, 3.63) is 82.0 Å². The number of likely N-dealkylation sites (tertiary alicyclic amines) is 1. The molecule has 7 heteroatoms. The SMILES string of the molecule is COc1ccc(C(=O)C2C(=O)C(=O)N(CC#Cc3ccsc3)C2c2ccccc2OC)cc1. The zero-order valence-electron chi connectivity index (χ0n) is 18.1. The van der Waals surface area contributed by atoms with Crippen LogP contribution in [0.15, 0.2) is 65.4 Å². The summed E-state index contributed by atoms with van der Waals surface area (Å²) in [5.74, 6) is 3.95. The van der Waals surface area contributed by atoms with Gasteiger partial charge in [0.25, 0.3) is 5.91 Å². The maximum atomic E-state index is 13.5. The molecular weight excluding hydrogens is 438 g/mol. The number of carbonyl (C=O) groups excluding carboxylic acids is 3. The molecule has 1 fully saturated rings. The lowest BCUT2D eigenvalue weighted by Gasteiger charge is -2.27. The van der Waals surface area contributed by atoms with Gasteiger partial charge in [-0.15, -0.1) is 0 Å². The molecule has 1 amide bonds. The number of methoxy groups -OCH3 is 2. The van der Waals surface area contributed by atoms with Gasteiger partial charge in [0, 0.05) is 22.1 Å². The molecule has 2 heterocycles. The summed E-state index contributed by atoms with van der Waals surface area (Å²) in [6, 6.07) is 14.6. The molecule has 4 rings (SSSR count). The molecule has 33 heavy (non-hydrogen) atoms. The lowest BCUT2D eigenvalue weighted by Crippen LogP contribution is -2.31. The van der Waals surface area contributed by atoms with Crippen molar-refractivity contribution in [1.82, 2.24) is 4.90 Å². The van der Waals surface area contributed by atoms with E-state index in [1.54, 1.807) is 48.5 Å². The molecule has 0 aliphatic carbocycles. The Morgan fingerprint density at radius 1 is 1.03 bits per heavy atom. The molecule has 166 valence electrons. The molecule has 6 nitrogen and oxygen atoms in total. The van der Waals surface area contributed by atoms with Crippen LogP contribution in [0, 0.1) is 17.8 Å². The second-order valence-electron chi connectivity index (χ2n) is 7.37. The van der Waals surface area contributed by atoms with Crippen molar-refractivity contribution in [2.45, 2.75) is 6.04 Å². The standard InChI is InChI=1S/C26H21NO5S/c1-31-19-11-9-18(10-12-19)24(28)22-23(20-7-3-4-8-21(20)32-2)27(26(30)25(22)29)14-5-6-17-13-15-33-16-17/h3-4,7-13,15-16,22-23H,14H2,1-2H3. The van der Waals surface area contributed by atoms with Crippen LogP contribution in [0.1, 0.15) is 27.5 Å². The molecule has 0 spiro atoms. The summed E-state index contributed by atoms with van der Waals surface area (Å²) in [4.78, 5) is 41.0. The van der Waals surface area contributed by atoms with Crippen LogP contribution in [0.2, 0.25) is 0 Å². The quantitative estimate of drug-likeness (QED) is 0.243. The van der Waals surface area contributed by atoms with E-state index < -0.39 is 29.4 Å². The van der Waals surface area contributed by atoms with E-state index in [9.17, 15) is 14.4 Å². The normalized spacial score (nSPS) is 17.5. The number of thiophene rings is 1. The Morgan fingerprint density at radius 3 is 2.45 bits per heavy atom. The third-order valence-electron chi connectivity index (χ3n) is 5.52. The van der Waals surface area contributed by atoms with Gasteiger partial charge in [0.05, 0.1) is 26.8 Å². The topological polar surface area (TPSA) is 72.9 Å². The number of carbonyl (C=O) groups is 3. The fourth-order valence-corrected chi connectivity index (χ4v) is 4.50. The van der Waals surface area contributed by atoms with Gasteiger partial charge in [-0.2, -0.15) is 11.3 Å². The van der Waals surface area contributed by atoms with Crippen LogP contribution < -0.4 is 9.47 Å². The second-order valence-corrected chi connectivity index (χ2v) is 8.15. The number of Topliss-reactive ketones (excluding diaryl/α,β-unsaturated/α-hetero) is 2. The zero-order chi connectivity index (χ0) is 23.4. The molecule has 2 atom stereocenters. The molecule has 0 bridgehead atoms. The van der Waals surface area contributed by atoms with Crippen molar-refractivity contribution < 1.29 is 23.9 Å². The van der Waals surface area contributed by atoms with E-state index in [4.69, 9.17) is 9.47 Å². The van der Waals surface area contributed by atoms with E-state index in [2.05, 4.69) is 11.8 Å². The molecule has 3 aromatic rings. The van der Waals surface area contributed by atoms with Crippen LogP contribution in [0.4, 0.5) is 0 Å². The summed E-state index contributed by atoms with van der Waals surface area (Å²) >= 11 is 1.52. The molecule has 1 aliphatic rings. The number of amides is 1. The van der Waals surface area contributed by atoms with E-state index in [-0.39, 0.29) is 6.54 Å². The highest BCUT2D eigenvalue weighted by atomic mass is 32.1. The summed E-state index contributed by atoms with van der Waals surface area (Å²) in [6.07, 6.45) is 0. The van der Waals surface area contributed by atoms with Crippen molar-refractivity contribution in [1.29, 1.82) is 0 Å². The third-order valence-corrected chi connectivity index (χ3v) is 6.21. The van der Waals surface area contributed by atoms with Crippen LogP contribution in [0.5, 0.6) is 11.5 Å². The Kier molecular flexibility index (Phi) is 6.57. The average molecular weight is 460 g/mol. The highest BCUT2D eigenvalue weighted by molar-refractivity contribution is 7.08. The van der Waals surface area contributed by atoms with Crippen molar-refractivity contribution in [3.63, 3.8) is 0 Å². The molecular formula is C26H21NO5S. The van der Waals surface area contributed by atoms with Crippen molar-refractivity contribution in [3.8, 4) is 23.3 Å². The van der Waals surface area contributed by atoms with Gasteiger partial charge in [-0.1, -0.05) is 30.0 Å². The highest BCUT2D eigenvalue weighted by Gasteiger charge is 2.52. The number of ether oxygens (including phenoxy) is 2. The molecule has 0 saturated carbocycles. The number of para-hydroxylation sites is 1. The van der Waals surface area contributed by atoms with Crippen LogP contribution in [-0.2, 0) is 9.59 Å².